The Hall–Kier alpha value is -3.81. The highest BCUT2D eigenvalue weighted by Gasteiger charge is 2.28. The van der Waals surface area contributed by atoms with Gasteiger partial charge in [0.25, 0.3) is 0 Å². The Labute approximate surface area is 285 Å². The number of nitrogens with one attached hydrogen (secondary N) is 2. The lowest BCUT2D eigenvalue weighted by Gasteiger charge is -2.33. The van der Waals surface area contributed by atoms with Gasteiger partial charge in [0, 0.05) is 58.1 Å². The maximum atomic E-state index is 13.5. The van der Waals surface area contributed by atoms with Crippen LogP contribution in [0.2, 0.25) is 0 Å². The maximum Gasteiger partial charge on any atom is 0.407 e. The van der Waals surface area contributed by atoms with Gasteiger partial charge in [0.05, 0.1) is 10.4 Å². The molecule has 1 unspecified atom stereocenters. The van der Waals surface area contributed by atoms with E-state index in [9.17, 15) is 18.6 Å². The third kappa shape index (κ3) is 8.80. The van der Waals surface area contributed by atoms with E-state index in [1.54, 1.807) is 11.7 Å². The molecule has 0 radical (unpaired) electrons. The largest absolute Gasteiger partial charge is 0.444 e. The van der Waals surface area contributed by atoms with Gasteiger partial charge in [-0.25, -0.2) is 18.1 Å². The number of carbonyl (C=O) groups is 3. The lowest BCUT2D eigenvalue weighted by molar-refractivity contribution is -0.107. The predicted molar refractivity (Wildman–Crippen MR) is 187 cm³/mol. The molecule has 13 heteroatoms. The Kier molecular flexibility index (Phi) is 11.5. The third-order valence-corrected chi connectivity index (χ3v) is 10.5. The number of carbonyl (C=O) groups excluding carboxylic acids is 3. The van der Waals surface area contributed by atoms with Crippen LogP contribution < -0.4 is 15.5 Å². The summed E-state index contributed by atoms with van der Waals surface area (Å²) in [6, 6.07) is 14.2. The zero-order chi connectivity index (χ0) is 34.4. The number of benzene rings is 2. The van der Waals surface area contributed by atoms with Gasteiger partial charge < -0.3 is 20.2 Å². The predicted octanol–water partition coefficient (Wildman–Crippen LogP) is 4.70. The summed E-state index contributed by atoms with van der Waals surface area (Å²) in [5, 5.41) is 11.1. The molecule has 2 fully saturated rings. The second kappa shape index (κ2) is 15.6. The number of piperidine rings is 2. The van der Waals surface area contributed by atoms with Gasteiger partial charge in [-0.15, -0.1) is 0 Å². The van der Waals surface area contributed by atoms with E-state index in [1.165, 1.54) is 10.5 Å². The fourth-order valence-corrected chi connectivity index (χ4v) is 7.84. The molecular weight excluding hydrogens is 630 g/mol. The quantitative estimate of drug-likeness (QED) is 0.298. The second-order valence-corrected chi connectivity index (χ2v) is 15.2. The molecule has 2 N–H and O–H groups in total. The number of fused-ring (bicyclic) bond motifs is 1. The minimum atomic E-state index is -1.26. The number of anilines is 1. The van der Waals surface area contributed by atoms with Crippen LogP contribution >= 0.6 is 0 Å². The van der Waals surface area contributed by atoms with Crippen molar-refractivity contribution in [3.63, 3.8) is 0 Å². The molecule has 12 nitrogen and oxygen atoms in total. The second-order valence-electron chi connectivity index (χ2n) is 13.7. The standard InChI is InChI=1S/C35H49N7O5S/c1-35(2,3)47-34(45)37-28-14-19-41(20-15-28)48(46)29-9-6-8-25(22-29)24-40-17-12-26(13-18-40)27-10-11-30-31(23-27)39(5)38-32(30)42(16-7-21-43)33(44)36-4/h6,8-11,21-23,26,28H,7,12-20,24H2,1-5H3,(H,36,44)(H,37,45). The van der Waals surface area contributed by atoms with E-state index >= 15 is 0 Å². The minimum absolute atomic E-state index is 0.0180. The average molecular weight is 680 g/mol. The number of aldehydes is 1. The number of hydrogen-bond donors (Lipinski definition) is 2. The molecule has 3 aromatic rings. The van der Waals surface area contributed by atoms with Gasteiger partial charge in [-0.2, -0.15) is 5.10 Å². The van der Waals surface area contributed by atoms with Gasteiger partial charge in [-0.1, -0.05) is 18.2 Å². The summed E-state index contributed by atoms with van der Waals surface area (Å²) in [7, 11) is 2.20. The molecule has 0 spiro atoms. The number of alkyl carbamates (subject to hydrolysis) is 1. The van der Waals surface area contributed by atoms with Gasteiger partial charge in [0.15, 0.2) is 5.82 Å². The number of hydrogen-bond acceptors (Lipinski definition) is 7. The van der Waals surface area contributed by atoms with E-state index in [1.807, 2.05) is 50.3 Å². The zero-order valence-electron chi connectivity index (χ0n) is 28.7. The number of amides is 3. The van der Waals surface area contributed by atoms with Crippen molar-refractivity contribution < 1.29 is 23.3 Å². The average Bonchev–Trinajstić information content (AvgIpc) is 3.39. The van der Waals surface area contributed by atoms with Crippen molar-refractivity contribution in [2.45, 2.75) is 81.9 Å². The van der Waals surface area contributed by atoms with Crippen LogP contribution in [0.25, 0.3) is 10.9 Å². The van der Waals surface area contributed by atoms with E-state index in [2.05, 4.69) is 44.9 Å². The highest BCUT2D eigenvalue weighted by Crippen LogP contribution is 2.34. The first-order valence-corrected chi connectivity index (χ1v) is 17.9. The van der Waals surface area contributed by atoms with Crippen molar-refractivity contribution in [2.24, 2.45) is 7.05 Å². The van der Waals surface area contributed by atoms with E-state index in [0.717, 1.165) is 73.0 Å². The Bertz CT molecular complexity index is 1620. The molecule has 2 aliphatic heterocycles. The van der Waals surface area contributed by atoms with Crippen molar-refractivity contribution in [3.8, 4) is 0 Å². The first-order chi connectivity index (χ1) is 23.0. The summed E-state index contributed by atoms with van der Waals surface area (Å²) in [5.74, 6) is 0.971. The number of rotatable bonds is 10. The normalized spacial score (nSPS) is 17.6. The number of ether oxygens (including phenoxy) is 1. The van der Waals surface area contributed by atoms with Crippen molar-refractivity contribution >= 4 is 46.1 Å². The molecule has 260 valence electrons. The summed E-state index contributed by atoms with van der Waals surface area (Å²) >= 11 is 0. The van der Waals surface area contributed by atoms with Gasteiger partial charge in [-0.05, 0) is 101 Å². The highest BCUT2D eigenvalue weighted by atomic mass is 32.2. The van der Waals surface area contributed by atoms with Crippen molar-refractivity contribution in [1.82, 2.24) is 29.6 Å². The van der Waals surface area contributed by atoms with Crippen molar-refractivity contribution in [3.05, 3.63) is 53.6 Å². The lowest BCUT2D eigenvalue weighted by atomic mass is 9.89. The molecule has 0 saturated carbocycles. The smallest absolute Gasteiger partial charge is 0.407 e. The number of urea groups is 1. The topological polar surface area (TPSA) is 129 Å². The Morgan fingerprint density at radius 1 is 1.06 bits per heavy atom. The molecule has 2 aliphatic rings. The number of likely N-dealkylation sites (tertiary alicyclic amines) is 1. The van der Waals surface area contributed by atoms with E-state index < -0.39 is 22.7 Å². The molecular formula is C35H49N7O5S. The molecule has 0 aliphatic carbocycles. The first-order valence-electron chi connectivity index (χ1n) is 16.8. The lowest BCUT2D eigenvalue weighted by Crippen LogP contribution is -2.46. The van der Waals surface area contributed by atoms with Crippen LogP contribution in [-0.4, -0.2) is 93.0 Å². The SMILES string of the molecule is CNC(=O)N(CCC=O)c1nn(C)c2cc(C3CCN(Cc4cccc(S(=O)N5CCC(NC(=O)OC(C)(C)C)CC5)c4)CC3)ccc12. The maximum absolute atomic E-state index is 13.5. The highest BCUT2D eigenvalue weighted by molar-refractivity contribution is 7.82. The van der Waals surface area contributed by atoms with Crippen LogP contribution in [0.3, 0.4) is 0 Å². The molecule has 5 rings (SSSR count). The minimum Gasteiger partial charge on any atom is -0.444 e. The van der Waals surface area contributed by atoms with E-state index in [0.29, 0.717) is 24.8 Å². The number of aromatic nitrogens is 2. The Balaban J connectivity index is 1.15. The fraction of sp³-hybridized carbons (Fsp3) is 0.543. The van der Waals surface area contributed by atoms with Crippen LogP contribution in [-0.2, 0) is 34.1 Å². The summed E-state index contributed by atoms with van der Waals surface area (Å²) < 4.78 is 22.7. The Morgan fingerprint density at radius 2 is 1.79 bits per heavy atom. The molecule has 2 saturated heterocycles. The molecule has 3 heterocycles. The Morgan fingerprint density at radius 3 is 2.46 bits per heavy atom. The molecule has 48 heavy (non-hydrogen) atoms. The molecule has 3 amide bonds. The molecule has 1 aromatic heterocycles. The number of aryl methyl sites for hydroxylation is 1. The summed E-state index contributed by atoms with van der Waals surface area (Å²) in [4.78, 5) is 40.5. The molecule has 0 bridgehead atoms. The van der Waals surface area contributed by atoms with Gasteiger partial charge in [-0.3, -0.25) is 14.5 Å². The third-order valence-electron chi connectivity index (χ3n) is 9.02. The monoisotopic (exact) mass is 679 g/mol. The molecule has 2 aromatic carbocycles. The van der Waals surface area contributed by atoms with E-state index in [4.69, 9.17) is 4.74 Å². The fourth-order valence-electron chi connectivity index (χ4n) is 6.55. The summed E-state index contributed by atoms with van der Waals surface area (Å²) in [6.45, 7) is 9.82. The summed E-state index contributed by atoms with van der Waals surface area (Å²) in [6.07, 6.45) is 4.15. The van der Waals surface area contributed by atoms with Gasteiger partial charge in [0.1, 0.15) is 22.9 Å². The van der Waals surface area contributed by atoms with E-state index in [-0.39, 0.29) is 25.0 Å². The van der Waals surface area contributed by atoms with Crippen LogP contribution in [0.5, 0.6) is 0 Å². The van der Waals surface area contributed by atoms with Crippen LogP contribution in [0.1, 0.15) is 69.9 Å². The van der Waals surface area contributed by atoms with Gasteiger partial charge in [0.2, 0.25) is 0 Å². The van der Waals surface area contributed by atoms with Crippen LogP contribution in [0, 0.1) is 0 Å². The summed E-state index contributed by atoms with van der Waals surface area (Å²) in [5.41, 5.74) is 2.84. The first kappa shape index (κ1) is 35.5. The van der Waals surface area contributed by atoms with Crippen molar-refractivity contribution in [1.29, 1.82) is 0 Å². The number of nitrogens with zero attached hydrogens (tertiary/aromatic N) is 5. The zero-order valence-corrected chi connectivity index (χ0v) is 29.6. The van der Waals surface area contributed by atoms with Gasteiger partial charge >= 0.3 is 12.1 Å². The van der Waals surface area contributed by atoms with Crippen LogP contribution in [0.15, 0.2) is 47.4 Å². The van der Waals surface area contributed by atoms with Crippen molar-refractivity contribution in [2.75, 3.05) is 44.7 Å². The van der Waals surface area contributed by atoms with Crippen LogP contribution in [0.4, 0.5) is 15.4 Å². The molecule has 1 atom stereocenters.